The lowest BCUT2D eigenvalue weighted by atomic mass is 10.2. The molecule has 3 heteroatoms. The molecule has 1 N–H and O–H groups in total. The van der Waals surface area contributed by atoms with E-state index in [9.17, 15) is 0 Å². The summed E-state index contributed by atoms with van der Waals surface area (Å²) in [6.45, 7) is 8.64. The van der Waals surface area contributed by atoms with Crippen molar-refractivity contribution >= 4 is 8.32 Å². The number of benzene rings is 1. The van der Waals surface area contributed by atoms with Crippen LogP contribution >= 0.6 is 0 Å². The highest BCUT2D eigenvalue weighted by atomic mass is 28.4. The molecular formula is C12H18O2Si. The van der Waals surface area contributed by atoms with Gasteiger partial charge in [-0.2, -0.15) is 0 Å². The van der Waals surface area contributed by atoms with Gasteiger partial charge in [-0.25, -0.2) is 0 Å². The first-order chi connectivity index (χ1) is 7.03. The molecule has 0 aromatic heterocycles. The first-order valence-electron chi connectivity index (χ1n) is 5.06. The van der Waals surface area contributed by atoms with Crippen molar-refractivity contribution in [3.63, 3.8) is 0 Å². The van der Waals surface area contributed by atoms with Crippen molar-refractivity contribution in [3.05, 3.63) is 42.5 Å². The van der Waals surface area contributed by atoms with Crippen molar-refractivity contribution in [2.24, 2.45) is 0 Å². The third-order valence-corrected chi connectivity index (χ3v) is 4.37. The highest BCUT2D eigenvalue weighted by molar-refractivity contribution is 6.70. The zero-order valence-corrected chi connectivity index (χ0v) is 10.4. The summed E-state index contributed by atoms with van der Waals surface area (Å²) in [5, 5.41) is 9.16. The highest BCUT2D eigenvalue weighted by Gasteiger charge is 2.22. The molecule has 0 bridgehead atoms. The molecule has 2 nitrogen and oxygen atoms in total. The Kier molecular flexibility index (Phi) is 4.12. The molecule has 0 saturated heterocycles. The zero-order valence-electron chi connectivity index (χ0n) is 9.36. The maximum Gasteiger partial charge on any atom is 0.191 e. The van der Waals surface area contributed by atoms with E-state index in [1.54, 1.807) is 18.2 Å². The van der Waals surface area contributed by atoms with Gasteiger partial charge in [0.15, 0.2) is 8.32 Å². The number of rotatable bonds is 5. The second-order valence-corrected chi connectivity index (χ2v) is 8.36. The van der Waals surface area contributed by atoms with Crippen molar-refractivity contribution in [1.82, 2.24) is 0 Å². The van der Waals surface area contributed by atoms with E-state index in [0.29, 0.717) is 12.4 Å². The van der Waals surface area contributed by atoms with Crippen LogP contribution in [0, 0.1) is 0 Å². The SMILES string of the molecule is C=CCO[Si](C)(C)Cc1ccc(O)cc1. The summed E-state index contributed by atoms with van der Waals surface area (Å²) in [7, 11) is -1.64. The molecule has 1 rings (SSSR count). The monoisotopic (exact) mass is 222 g/mol. The van der Waals surface area contributed by atoms with Crippen molar-refractivity contribution in [2.45, 2.75) is 19.1 Å². The number of hydrogen-bond acceptors (Lipinski definition) is 2. The van der Waals surface area contributed by atoms with Crippen molar-refractivity contribution in [2.75, 3.05) is 6.61 Å². The molecule has 0 aliphatic rings. The molecule has 0 amide bonds. The maximum atomic E-state index is 9.16. The highest BCUT2D eigenvalue weighted by Crippen LogP contribution is 2.16. The Morgan fingerprint density at radius 2 is 1.93 bits per heavy atom. The fraction of sp³-hybridized carbons (Fsp3) is 0.333. The zero-order chi connectivity index (χ0) is 11.3. The first kappa shape index (κ1) is 12.0. The van der Waals surface area contributed by atoms with Gasteiger partial charge in [-0.1, -0.05) is 18.2 Å². The summed E-state index contributed by atoms with van der Waals surface area (Å²) in [5.74, 6) is 0.310. The van der Waals surface area contributed by atoms with Gasteiger partial charge in [-0.3, -0.25) is 0 Å². The first-order valence-corrected chi connectivity index (χ1v) is 8.18. The van der Waals surface area contributed by atoms with Crippen LogP contribution < -0.4 is 0 Å². The lowest BCUT2D eigenvalue weighted by Gasteiger charge is -2.22. The van der Waals surface area contributed by atoms with Crippen LogP contribution in [-0.4, -0.2) is 20.0 Å². The molecule has 0 radical (unpaired) electrons. The predicted octanol–water partition coefficient (Wildman–Crippen LogP) is 2.88. The van der Waals surface area contributed by atoms with E-state index in [1.807, 2.05) is 12.1 Å². The molecule has 0 saturated carbocycles. The van der Waals surface area contributed by atoms with Crippen molar-refractivity contribution in [3.8, 4) is 5.75 Å². The summed E-state index contributed by atoms with van der Waals surface area (Å²) in [4.78, 5) is 0. The van der Waals surface area contributed by atoms with E-state index >= 15 is 0 Å². The molecule has 1 aromatic carbocycles. The van der Waals surface area contributed by atoms with Crippen LogP contribution in [0.5, 0.6) is 5.75 Å². The molecule has 1 aromatic rings. The molecule has 0 atom stereocenters. The van der Waals surface area contributed by atoms with Crippen molar-refractivity contribution in [1.29, 1.82) is 0 Å². The minimum Gasteiger partial charge on any atom is -0.508 e. The molecule has 15 heavy (non-hydrogen) atoms. The van der Waals surface area contributed by atoms with E-state index < -0.39 is 8.32 Å². The Morgan fingerprint density at radius 3 is 2.47 bits per heavy atom. The predicted molar refractivity (Wildman–Crippen MR) is 65.4 cm³/mol. The van der Waals surface area contributed by atoms with Gasteiger partial charge in [0.1, 0.15) is 5.75 Å². The fourth-order valence-electron chi connectivity index (χ4n) is 1.44. The molecule has 82 valence electrons. The van der Waals surface area contributed by atoms with E-state index in [2.05, 4.69) is 19.7 Å². The van der Waals surface area contributed by atoms with E-state index in [-0.39, 0.29) is 0 Å². The standard InChI is InChI=1S/C12H18O2Si/c1-4-9-14-15(2,3)10-11-5-7-12(13)8-6-11/h4-8,13H,1,9-10H2,2-3H3. The van der Waals surface area contributed by atoms with Crippen LogP contribution in [0.1, 0.15) is 5.56 Å². The van der Waals surface area contributed by atoms with Gasteiger partial charge in [-0.15, -0.1) is 6.58 Å². The van der Waals surface area contributed by atoms with Gasteiger partial charge in [-0.05, 0) is 36.8 Å². The molecule has 0 aliphatic heterocycles. The molecule has 0 unspecified atom stereocenters. The number of aromatic hydroxyl groups is 1. The lowest BCUT2D eigenvalue weighted by Crippen LogP contribution is -2.33. The third-order valence-electron chi connectivity index (χ3n) is 2.16. The average Bonchev–Trinajstić information content (AvgIpc) is 2.18. The second kappa shape index (κ2) is 5.14. The maximum absolute atomic E-state index is 9.16. The minimum atomic E-state index is -1.64. The third kappa shape index (κ3) is 4.32. The van der Waals surface area contributed by atoms with Gasteiger partial charge in [0.25, 0.3) is 0 Å². The Hall–Kier alpha value is -1.06. The Labute approximate surface area is 92.3 Å². The molecule has 0 fully saturated rings. The summed E-state index contributed by atoms with van der Waals surface area (Å²) >= 11 is 0. The van der Waals surface area contributed by atoms with Gasteiger partial charge >= 0.3 is 0 Å². The second-order valence-electron chi connectivity index (χ2n) is 4.20. The summed E-state index contributed by atoms with van der Waals surface area (Å²) in [5.41, 5.74) is 1.22. The van der Waals surface area contributed by atoms with E-state index in [0.717, 1.165) is 6.04 Å². The lowest BCUT2D eigenvalue weighted by molar-refractivity contribution is 0.351. The van der Waals surface area contributed by atoms with Gasteiger partial charge in [0.05, 0.1) is 6.61 Å². The van der Waals surface area contributed by atoms with Crippen LogP contribution in [0.4, 0.5) is 0 Å². The van der Waals surface area contributed by atoms with Crippen LogP contribution in [0.15, 0.2) is 36.9 Å². The van der Waals surface area contributed by atoms with Crippen LogP contribution in [0.3, 0.4) is 0 Å². The van der Waals surface area contributed by atoms with Crippen LogP contribution in [0.25, 0.3) is 0 Å². The number of phenols is 1. The molecule has 0 heterocycles. The van der Waals surface area contributed by atoms with Crippen LogP contribution in [-0.2, 0) is 10.5 Å². The van der Waals surface area contributed by atoms with Gasteiger partial charge < -0.3 is 9.53 Å². The largest absolute Gasteiger partial charge is 0.508 e. The van der Waals surface area contributed by atoms with Gasteiger partial charge in [0.2, 0.25) is 0 Å². The van der Waals surface area contributed by atoms with Gasteiger partial charge in [0, 0.05) is 0 Å². The summed E-state index contributed by atoms with van der Waals surface area (Å²) in [6.07, 6.45) is 1.78. The summed E-state index contributed by atoms with van der Waals surface area (Å²) < 4.78 is 5.77. The topological polar surface area (TPSA) is 29.5 Å². The fourth-order valence-corrected chi connectivity index (χ4v) is 3.33. The Bertz CT molecular complexity index is 317. The Balaban J connectivity index is 2.59. The van der Waals surface area contributed by atoms with Crippen molar-refractivity contribution < 1.29 is 9.53 Å². The molecule has 0 spiro atoms. The molecular weight excluding hydrogens is 204 g/mol. The normalized spacial score (nSPS) is 11.3. The number of phenolic OH excluding ortho intramolecular Hbond substituents is 1. The quantitative estimate of drug-likeness (QED) is 0.613. The Morgan fingerprint density at radius 1 is 1.33 bits per heavy atom. The molecule has 0 aliphatic carbocycles. The smallest absolute Gasteiger partial charge is 0.191 e. The average molecular weight is 222 g/mol. The van der Waals surface area contributed by atoms with Crippen LogP contribution in [0.2, 0.25) is 13.1 Å². The van der Waals surface area contributed by atoms with E-state index in [4.69, 9.17) is 9.53 Å². The summed E-state index contributed by atoms with van der Waals surface area (Å²) in [6, 6.07) is 8.28. The van der Waals surface area contributed by atoms with E-state index in [1.165, 1.54) is 5.56 Å². The number of hydrogen-bond donors (Lipinski definition) is 1. The minimum absolute atomic E-state index is 0.310.